The second-order valence-electron chi connectivity index (χ2n) is 5.42. The fourth-order valence-electron chi connectivity index (χ4n) is 2.54. The van der Waals surface area contributed by atoms with Crippen LogP contribution in [0.2, 0.25) is 0 Å². The number of hydrogen-bond donors (Lipinski definition) is 1. The molecule has 2 heterocycles. The van der Waals surface area contributed by atoms with Gasteiger partial charge in [-0.3, -0.25) is 4.90 Å². The fraction of sp³-hybridized carbons (Fsp3) is 0.667. The molecule has 100 valence electrons. The molecule has 2 rings (SSSR count). The standard InChI is InChI=1S/C15H25N3/c1-4-12(2)17-15-9-8-13(11-16-15)14-7-5-6-10-18(14)3/h8-9,11-12,14H,4-7,10H2,1-3H3,(H,16,17). The zero-order valence-corrected chi connectivity index (χ0v) is 11.8. The van der Waals surface area contributed by atoms with E-state index in [-0.39, 0.29) is 0 Å². The molecule has 0 saturated carbocycles. The van der Waals surface area contributed by atoms with E-state index in [2.05, 4.69) is 48.2 Å². The zero-order valence-electron chi connectivity index (χ0n) is 11.8. The van der Waals surface area contributed by atoms with Crippen LogP contribution in [0.25, 0.3) is 0 Å². The average Bonchev–Trinajstić information content (AvgIpc) is 2.40. The molecule has 0 aliphatic carbocycles. The second-order valence-corrected chi connectivity index (χ2v) is 5.42. The lowest BCUT2D eigenvalue weighted by Gasteiger charge is -2.32. The van der Waals surface area contributed by atoms with E-state index in [1.165, 1.54) is 31.4 Å². The monoisotopic (exact) mass is 247 g/mol. The van der Waals surface area contributed by atoms with E-state index in [1.807, 2.05) is 6.20 Å². The predicted octanol–water partition coefficient (Wildman–Crippen LogP) is 3.45. The second kappa shape index (κ2) is 6.19. The van der Waals surface area contributed by atoms with Crippen LogP contribution in [0.1, 0.15) is 51.1 Å². The summed E-state index contributed by atoms with van der Waals surface area (Å²) in [6.07, 6.45) is 7.08. The molecule has 0 radical (unpaired) electrons. The minimum atomic E-state index is 0.487. The molecule has 0 amide bonds. The molecule has 1 saturated heterocycles. The van der Waals surface area contributed by atoms with Crippen molar-refractivity contribution in [1.82, 2.24) is 9.88 Å². The summed E-state index contributed by atoms with van der Waals surface area (Å²) in [5.74, 6) is 0.992. The van der Waals surface area contributed by atoms with Gasteiger partial charge in [-0.15, -0.1) is 0 Å². The number of nitrogens with zero attached hydrogens (tertiary/aromatic N) is 2. The summed E-state index contributed by atoms with van der Waals surface area (Å²) in [4.78, 5) is 6.99. The summed E-state index contributed by atoms with van der Waals surface area (Å²) in [5, 5.41) is 3.41. The summed E-state index contributed by atoms with van der Waals surface area (Å²) in [6.45, 7) is 5.57. The maximum absolute atomic E-state index is 4.54. The van der Waals surface area contributed by atoms with Gasteiger partial charge in [0.15, 0.2) is 0 Å². The van der Waals surface area contributed by atoms with Crippen molar-refractivity contribution in [2.24, 2.45) is 0 Å². The predicted molar refractivity (Wildman–Crippen MR) is 76.8 cm³/mol. The third kappa shape index (κ3) is 3.22. The first-order valence-corrected chi connectivity index (χ1v) is 7.13. The number of likely N-dealkylation sites (tertiary alicyclic amines) is 1. The van der Waals surface area contributed by atoms with Crippen molar-refractivity contribution in [3.63, 3.8) is 0 Å². The Balaban J connectivity index is 2.02. The van der Waals surface area contributed by atoms with Crippen molar-refractivity contribution < 1.29 is 0 Å². The topological polar surface area (TPSA) is 28.2 Å². The van der Waals surface area contributed by atoms with Crippen molar-refractivity contribution in [3.05, 3.63) is 23.9 Å². The number of nitrogens with one attached hydrogen (secondary N) is 1. The number of anilines is 1. The molecule has 0 spiro atoms. The van der Waals surface area contributed by atoms with Crippen LogP contribution in [0, 0.1) is 0 Å². The first-order valence-electron chi connectivity index (χ1n) is 7.13. The minimum Gasteiger partial charge on any atom is -0.368 e. The molecule has 1 aliphatic rings. The number of piperidine rings is 1. The Morgan fingerprint density at radius 2 is 2.28 bits per heavy atom. The summed E-state index contributed by atoms with van der Waals surface area (Å²) in [7, 11) is 2.22. The van der Waals surface area contributed by atoms with Crippen molar-refractivity contribution in [3.8, 4) is 0 Å². The van der Waals surface area contributed by atoms with Gasteiger partial charge in [-0.25, -0.2) is 4.98 Å². The minimum absolute atomic E-state index is 0.487. The van der Waals surface area contributed by atoms with Crippen LogP contribution in [0.15, 0.2) is 18.3 Å². The van der Waals surface area contributed by atoms with Gasteiger partial charge in [0, 0.05) is 18.3 Å². The maximum Gasteiger partial charge on any atom is 0.126 e. The van der Waals surface area contributed by atoms with Crippen molar-refractivity contribution in [2.45, 2.75) is 51.6 Å². The third-order valence-electron chi connectivity index (χ3n) is 3.95. The van der Waals surface area contributed by atoms with Crippen molar-refractivity contribution in [2.75, 3.05) is 18.9 Å². The van der Waals surface area contributed by atoms with E-state index in [4.69, 9.17) is 0 Å². The molecule has 1 fully saturated rings. The lowest BCUT2D eigenvalue weighted by Crippen LogP contribution is -2.29. The highest BCUT2D eigenvalue weighted by atomic mass is 15.1. The number of aromatic nitrogens is 1. The van der Waals surface area contributed by atoms with E-state index < -0.39 is 0 Å². The zero-order chi connectivity index (χ0) is 13.0. The quantitative estimate of drug-likeness (QED) is 0.883. The number of rotatable bonds is 4. The van der Waals surface area contributed by atoms with Gasteiger partial charge < -0.3 is 5.32 Å². The van der Waals surface area contributed by atoms with E-state index in [0.29, 0.717) is 12.1 Å². The number of hydrogen-bond acceptors (Lipinski definition) is 3. The Morgan fingerprint density at radius 1 is 1.44 bits per heavy atom. The van der Waals surface area contributed by atoms with Crippen LogP contribution in [-0.4, -0.2) is 29.5 Å². The molecule has 3 nitrogen and oxygen atoms in total. The molecule has 1 aromatic rings. The van der Waals surface area contributed by atoms with Crippen LogP contribution in [-0.2, 0) is 0 Å². The molecule has 0 aromatic carbocycles. The molecular weight excluding hydrogens is 222 g/mol. The molecule has 2 atom stereocenters. The molecule has 18 heavy (non-hydrogen) atoms. The Morgan fingerprint density at radius 3 is 2.89 bits per heavy atom. The van der Waals surface area contributed by atoms with Crippen LogP contribution in [0.4, 0.5) is 5.82 Å². The van der Waals surface area contributed by atoms with Crippen LogP contribution in [0.5, 0.6) is 0 Å². The van der Waals surface area contributed by atoms with E-state index in [0.717, 1.165) is 12.2 Å². The smallest absolute Gasteiger partial charge is 0.126 e. The third-order valence-corrected chi connectivity index (χ3v) is 3.95. The van der Waals surface area contributed by atoms with E-state index in [9.17, 15) is 0 Å². The van der Waals surface area contributed by atoms with Crippen LogP contribution < -0.4 is 5.32 Å². The van der Waals surface area contributed by atoms with Crippen LogP contribution >= 0.6 is 0 Å². The Kier molecular flexibility index (Phi) is 4.59. The largest absolute Gasteiger partial charge is 0.368 e. The maximum atomic E-state index is 4.54. The summed E-state index contributed by atoms with van der Waals surface area (Å²) in [5.41, 5.74) is 1.35. The summed E-state index contributed by atoms with van der Waals surface area (Å²) in [6, 6.07) is 5.39. The van der Waals surface area contributed by atoms with Crippen LogP contribution in [0.3, 0.4) is 0 Å². The van der Waals surface area contributed by atoms with Gasteiger partial charge in [0.05, 0.1) is 0 Å². The van der Waals surface area contributed by atoms with Gasteiger partial charge in [0.25, 0.3) is 0 Å². The Bertz CT molecular complexity index is 361. The Labute approximate surface area is 111 Å². The average molecular weight is 247 g/mol. The normalized spacial score (nSPS) is 22.7. The van der Waals surface area contributed by atoms with Gasteiger partial charge in [0.2, 0.25) is 0 Å². The molecule has 0 bridgehead atoms. The first kappa shape index (κ1) is 13.3. The number of pyridine rings is 1. The van der Waals surface area contributed by atoms with Gasteiger partial charge in [-0.05, 0) is 51.4 Å². The van der Waals surface area contributed by atoms with Crippen molar-refractivity contribution in [1.29, 1.82) is 0 Å². The highest BCUT2D eigenvalue weighted by molar-refractivity contribution is 5.37. The molecular formula is C15H25N3. The lowest BCUT2D eigenvalue weighted by molar-refractivity contribution is 0.187. The van der Waals surface area contributed by atoms with Gasteiger partial charge in [-0.2, -0.15) is 0 Å². The highest BCUT2D eigenvalue weighted by Gasteiger charge is 2.20. The fourth-order valence-corrected chi connectivity index (χ4v) is 2.54. The molecule has 1 aliphatic heterocycles. The van der Waals surface area contributed by atoms with Gasteiger partial charge in [0.1, 0.15) is 5.82 Å². The first-order chi connectivity index (χ1) is 8.70. The summed E-state index contributed by atoms with van der Waals surface area (Å²) >= 11 is 0. The lowest BCUT2D eigenvalue weighted by atomic mass is 9.97. The summed E-state index contributed by atoms with van der Waals surface area (Å²) < 4.78 is 0. The molecule has 3 heteroatoms. The van der Waals surface area contributed by atoms with E-state index in [1.54, 1.807) is 0 Å². The SMILES string of the molecule is CCC(C)Nc1ccc(C2CCCCN2C)cn1. The van der Waals surface area contributed by atoms with E-state index >= 15 is 0 Å². The molecule has 1 N–H and O–H groups in total. The van der Waals surface area contributed by atoms with Gasteiger partial charge in [-0.1, -0.05) is 19.4 Å². The molecule has 2 unspecified atom stereocenters. The molecule has 1 aromatic heterocycles. The van der Waals surface area contributed by atoms with Gasteiger partial charge >= 0.3 is 0 Å². The van der Waals surface area contributed by atoms with Crippen molar-refractivity contribution >= 4 is 5.82 Å². The Hall–Kier alpha value is -1.09. The highest BCUT2D eigenvalue weighted by Crippen LogP contribution is 2.29.